The fraction of sp³-hybridized carbons (Fsp3) is 0.800. The molecular formula is C15H23NO4S. The Morgan fingerprint density at radius 2 is 2.19 bits per heavy atom. The first kappa shape index (κ1) is 15.0. The lowest BCUT2D eigenvalue weighted by Crippen LogP contribution is -2.44. The number of carbonyl (C=O) groups is 1. The van der Waals surface area contributed by atoms with Crippen molar-refractivity contribution >= 4 is 15.9 Å². The molecule has 5 nitrogen and oxygen atoms in total. The largest absolute Gasteiger partial charge is 0.389 e. The number of aliphatic hydroxyl groups excluding tert-OH is 1. The Balaban J connectivity index is 1.97. The van der Waals surface area contributed by atoms with Crippen LogP contribution in [-0.4, -0.2) is 41.6 Å². The van der Waals surface area contributed by atoms with E-state index < -0.39 is 22.0 Å². The fourth-order valence-corrected chi connectivity index (χ4v) is 7.53. The molecule has 0 radical (unpaired) electrons. The first-order chi connectivity index (χ1) is 9.65. The lowest BCUT2D eigenvalue weighted by molar-refractivity contribution is -0.130. The Morgan fingerprint density at radius 3 is 2.76 bits per heavy atom. The molecule has 1 amide bonds. The summed E-state index contributed by atoms with van der Waals surface area (Å²) >= 11 is 0. The predicted octanol–water partition coefficient (Wildman–Crippen LogP) is 1.29. The van der Waals surface area contributed by atoms with Crippen LogP contribution >= 0.6 is 0 Å². The third-order valence-electron chi connectivity index (χ3n) is 6.31. The van der Waals surface area contributed by atoms with Crippen LogP contribution in [0.25, 0.3) is 0 Å². The summed E-state index contributed by atoms with van der Waals surface area (Å²) < 4.78 is 26.2. The summed E-state index contributed by atoms with van der Waals surface area (Å²) in [6.07, 6.45) is 2.76. The lowest BCUT2D eigenvalue weighted by atomic mass is 9.69. The zero-order valence-electron chi connectivity index (χ0n) is 12.6. The summed E-state index contributed by atoms with van der Waals surface area (Å²) in [6, 6.07) is -0.222. The molecule has 1 N–H and O–H groups in total. The van der Waals surface area contributed by atoms with Crippen LogP contribution in [0, 0.1) is 16.7 Å². The maximum absolute atomic E-state index is 12.6. The molecule has 0 aromatic rings. The average Bonchev–Trinajstić information content (AvgIpc) is 2.84. The second-order valence-electron chi connectivity index (χ2n) is 7.32. The van der Waals surface area contributed by atoms with Gasteiger partial charge in [-0.15, -0.1) is 6.58 Å². The molecule has 1 aliphatic heterocycles. The van der Waals surface area contributed by atoms with E-state index in [1.54, 1.807) is 0 Å². The van der Waals surface area contributed by atoms with Crippen molar-refractivity contribution in [1.82, 2.24) is 4.31 Å². The van der Waals surface area contributed by atoms with Gasteiger partial charge in [0.1, 0.15) is 0 Å². The molecule has 2 saturated carbocycles. The minimum Gasteiger partial charge on any atom is -0.389 e. The van der Waals surface area contributed by atoms with E-state index in [1.165, 1.54) is 6.08 Å². The Bertz CT molecular complexity index is 597. The number of hydrogen-bond donors (Lipinski definition) is 1. The van der Waals surface area contributed by atoms with E-state index in [1.807, 2.05) is 0 Å². The molecule has 118 valence electrons. The van der Waals surface area contributed by atoms with Gasteiger partial charge in [-0.3, -0.25) is 4.79 Å². The summed E-state index contributed by atoms with van der Waals surface area (Å²) in [5.74, 6) is 0.0645. The van der Waals surface area contributed by atoms with Gasteiger partial charge in [0.25, 0.3) is 0 Å². The monoisotopic (exact) mass is 313 g/mol. The Kier molecular flexibility index (Phi) is 3.09. The number of sulfonamides is 1. The van der Waals surface area contributed by atoms with Crippen molar-refractivity contribution < 1.29 is 18.3 Å². The molecule has 3 aliphatic rings. The second-order valence-corrected chi connectivity index (χ2v) is 9.16. The van der Waals surface area contributed by atoms with Gasteiger partial charge in [0.05, 0.1) is 24.3 Å². The Labute approximate surface area is 126 Å². The molecule has 2 bridgehead atoms. The standard InChI is InChI=1S/C15H23NO4S/c1-4-11(17)8-13(18)16-12-7-10-5-6-15(12,14(10,2)3)9-21(16,19)20/h4,10-12,17H,1,5-9H2,2-3H3/t10-,11-,12-,15-/m0/s1. The third kappa shape index (κ3) is 1.78. The number of hydrogen-bond acceptors (Lipinski definition) is 4. The number of fused-ring (bicyclic) bond motifs is 1. The van der Waals surface area contributed by atoms with Crippen molar-refractivity contribution in [2.75, 3.05) is 5.75 Å². The van der Waals surface area contributed by atoms with Crippen LogP contribution in [0.3, 0.4) is 0 Å². The molecule has 2 aliphatic carbocycles. The molecule has 1 saturated heterocycles. The fourth-order valence-electron chi connectivity index (χ4n) is 4.97. The van der Waals surface area contributed by atoms with Crippen LogP contribution in [0.4, 0.5) is 0 Å². The molecule has 6 heteroatoms. The number of carbonyl (C=O) groups excluding carboxylic acids is 1. The van der Waals surface area contributed by atoms with Crippen molar-refractivity contribution in [1.29, 1.82) is 0 Å². The van der Waals surface area contributed by atoms with E-state index in [4.69, 9.17) is 0 Å². The van der Waals surface area contributed by atoms with Gasteiger partial charge in [-0.1, -0.05) is 19.9 Å². The topological polar surface area (TPSA) is 74.7 Å². The van der Waals surface area contributed by atoms with Crippen LogP contribution in [-0.2, 0) is 14.8 Å². The molecule has 21 heavy (non-hydrogen) atoms. The molecule has 1 heterocycles. The van der Waals surface area contributed by atoms with Crippen molar-refractivity contribution in [3.05, 3.63) is 12.7 Å². The van der Waals surface area contributed by atoms with Gasteiger partial charge >= 0.3 is 0 Å². The number of nitrogens with zero attached hydrogens (tertiary/aromatic N) is 1. The van der Waals surface area contributed by atoms with E-state index >= 15 is 0 Å². The first-order valence-electron chi connectivity index (χ1n) is 7.51. The van der Waals surface area contributed by atoms with Crippen molar-refractivity contribution in [3.8, 4) is 0 Å². The van der Waals surface area contributed by atoms with Crippen LogP contribution < -0.4 is 0 Å². The zero-order chi connectivity index (χ0) is 15.6. The molecule has 4 atom stereocenters. The van der Waals surface area contributed by atoms with E-state index in [9.17, 15) is 18.3 Å². The van der Waals surface area contributed by atoms with Crippen LogP contribution in [0.1, 0.15) is 39.5 Å². The summed E-state index contributed by atoms with van der Waals surface area (Å²) in [7, 11) is -3.58. The van der Waals surface area contributed by atoms with Gasteiger partial charge in [0.15, 0.2) is 0 Å². The van der Waals surface area contributed by atoms with E-state index in [2.05, 4.69) is 20.4 Å². The third-order valence-corrected chi connectivity index (χ3v) is 8.25. The minimum atomic E-state index is -3.58. The molecule has 0 aromatic carbocycles. The molecular weight excluding hydrogens is 290 g/mol. The summed E-state index contributed by atoms with van der Waals surface area (Å²) in [4.78, 5) is 12.4. The Hall–Kier alpha value is -0.880. The van der Waals surface area contributed by atoms with Crippen LogP contribution in [0.5, 0.6) is 0 Å². The molecule has 0 aromatic heterocycles. The molecule has 1 spiro atoms. The summed E-state index contributed by atoms with van der Waals surface area (Å²) in [5, 5.41) is 9.57. The highest BCUT2D eigenvalue weighted by molar-refractivity contribution is 7.90. The second kappa shape index (κ2) is 4.32. The van der Waals surface area contributed by atoms with Gasteiger partial charge in [0.2, 0.25) is 15.9 Å². The van der Waals surface area contributed by atoms with Gasteiger partial charge in [-0.2, -0.15) is 0 Å². The maximum atomic E-state index is 12.6. The van der Waals surface area contributed by atoms with Crippen molar-refractivity contribution in [2.45, 2.75) is 51.7 Å². The Morgan fingerprint density at radius 1 is 1.52 bits per heavy atom. The van der Waals surface area contributed by atoms with Crippen molar-refractivity contribution in [3.63, 3.8) is 0 Å². The lowest BCUT2D eigenvalue weighted by Gasteiger charge is -2.37. The average molecular weight is 313 g/mol. The molecule has 3 fully saturated rings. The van der Waals surface area contributed by atoms with Gasteiger partial charge < -0.3 is 5.11 Å². The van der Waals surface area contributed by atoms with E-state index in [0.717, 1.165) is 23.6 Å². The van der Waals surface area contributed by atoms with E-state index in [-0.39, 0.29) is 29.0 Å². The zero-order valence-corrected chi connectivity index (χ0v) is 13.4. The van der Waals surface area contributed by atoms with Crippen molar-refractivity contribution in [2.24, 2.45) is 16.7 Å². The highest BCUT2D eigenvalue weighted by atomic mass is 32.2. The number of rotatable bonds is 3. The van der Waals surface area contributed by atoms with Gasteiger partial charge in [0, 0.05) is 5.41 Å². The molecule has 0 unspecified atom stereocenters. The summed E-state index contributed by atoms with van der Waals surface area (Å²) in [5.41, 5.74) is -0.345. The van der Waals surface area contributed by atoms with Gasteiger partial charge in [-0.05, 0) is 30.6 Å². The maximum Gasteiger partial charge on any atom is 0.239 e. The SMILES string of the molecule is C=C[C@H](O)CC(=O)N1[C@H]2C[C@@H]3CC[C@@]2(CS1(=O)=O)C3(C)C. The normalized spacial score (nSPS) is 40.0. The number of amides is 1. The predicted molar refractivity (Wildman–Crippen MR) is 78.8 cm³/mol. The first-order valence-corrected chi connectivity index (χ1v) is 9.12. The summed E-state index contributed by atoms with van der Waals surface area (Å²) in [6.45, 7) is 7.72. The van der Waals surface area contributed by atoms with Crippen LogP contribution in [0.2, 0.25) is 0 Å². The quantitative estimate of drug-likeness (QED) is 0.797. The highest BCUT2D eigenvalue weighted by Crippen LogP contribution is 2.69. The molecule has 3 rings (SSSR count). The number of aliphatic hydroxyl groups is 1. The highest BCUT2D eigenvalue weighted by Gasteiger charge is 2.72. The van der Waals surface area contributed by atoms with Gasteiger partial charge in [-0.25, -0.2) is 12.7 Å². The van der Waals surface area contributed by atoms with E-state index in [0.29, 0.717) is 5.92 Å². The minimum absolute atomic E-state index is 0.0448. The van der Waals surface area contributed by atoms with Crippen LogP contribution in [0.15, 0.2) is 12.7 Å². The smallest absolute Gasteiger partial charge is 0.239 e.